The minimum Gasteiger partial charge on any atom is -0.485 e. The molecule has 202 valence electrons. The molecular weight excluding hydrogens is 498 g/mol. The molecule has 2 aliphatic heterocycles. The smallest absolute Gasteiger partial charge is 0.255 e. The van der Waals surface area contributed by atoms with Crippen LogP contribution in [0.4, 0.5) is 0 Å². The van der Waals surface area contributed by atoms with Gasteiger partial charge in [-0.15, -0.1) is 0 Å². The highest BCUT2D eigenvalue weighted by Crippen LogP contribution is 2.61. The van der Waals surface area contributed by atoms with Crippen LogP contribution in [0, 0.1) is 17.2 Å². The number of nitrogens with zero attached hydrogens (tertiary/aromatic N) is 2. The highest BCUT2D eigenvalue weighted by molar-refractivity contribution is 5.98. The predicted octanol–water partition coefficient (Wildman–Crippen LogP) is 4.66. The molecule has 0 saturated carbocycles. The lowest BCUT2D eigenvalue weighted by atomic mass is 9.53. The van der Waals surface area contributed by atoms with Crippen LogP contribution >= 0.6 is 0 Å². The maximum atomic E-state index is 13.5. The number of rotatable bonds is 6. The third kappa shape index (κ3) is 3.72. The number of piperidine rings is 1. The van der Waals surface area contributed by atoms with E-state index in [1.807, 2.05) is 30.3 Å². The zero-order valence-electron chi connectivity index (χ0n) is 22.9. The molecule has 1 amide bonds. The zero-order chi connectivity index (χ0) is 27.4. The van der Waals surface area contributed by atoms with Gasteiger partial charge in [-0.1, -0.05) is 54.6 Å². The van der Waals surface area contributed by atoms with Crippen LogP contribution in [0.15, 0.2) is 72.8 Å². The van der Waals surface area contributed by atoms with E-state index in [4.69, 9.17) is 14.7 Å². The lowest BCUT2D eigenvalue weighted by Gasteiger charge is -2.56. The number of likely N-dealkylation sites (tertiary alicyclic amines) is 1. The molecule has 0 radical (unpaired) electrons. The molecule has 2 aliphatic carbocycles. The van der Waals surface area contributed by atoms with E-state index in [9.17, 15) is 4.79 Å². The van der Waals surface area contributed by atoms with E-state index >= 15 is 0 Å². The number of hydrogen-bond acceptors (Lipinski definition) is 5. The van der Waals surface area contributed by atoms with Crippen LogP contribution in [0.5, 0.6) is 5.75 Å². The first-order valence-electron chi connectivity index (χ1n) is 14.2. The van der Waals surface area contributed by atoms with Crippen LogP contribution in [0.25, 0.3) is 11.1 Å². The van der Waals surface area contributed by atoms with Crippen molar-refractivity contribution in [3.8, 4) is 22.9 Å². The van der Waals surface area contributed by atoms with Gasteiger partial charge >= 0.3 is 0 Å². The van der Waals surface area contributed by atoms with Crippen LogP contribution in [0.3, 0.4) is 0 Å². The minimum atomic E-state index is -0.136. The highest BCUT2D eigenvalue weighted by atomic mass is 16.5. The number of hydrogen-bond donors (Lipinski definition) is 1. The van der Waals surface area contributed by atoms with E-state index in [2.05, 4.69) is 65.8 Å². The molecule has 2 heterocycles. The Morgan fingerprint density at radius 1 is 1.10 bits per heavy atom. The molecule has 40 heavy (non-hydrogen) atoms. The first-order chi connectivity index (χ1) is 19.5. The molecule has 6 nitrogen and oxygen atoms in total. The number of benzene rings is 3. The summed E-state index contributed by atoms with van der Waals surface area (Å²) in [6.45, 7) is 1.56. The molecule has 7 rings (SSSR count). The zero-order valence-corrected chi connectivity index (χ0v) is 22.9. The Morgan fingerprint density at radius 2 is 1.85 bits per heavy atom. The Kier molecular flexibility index (Phi) is 6.03. The lowest BCUT2D eigenvalue weighted by molar-refractivity contribution is -0.0580. The first kappa shape index (κ1) is 25.1. The van der Waals surface area contributed by atoms with Gasteiger partial charge in [-0.25, -0.2) is 0 Å². The SMILES string of the molecule is COC1C=CC2C3Cc4ccc(C(=O)NCCc5ccc(-c6ccc(C#N)cc6)cc5)c5c4C2(CCN3C)C1O5. The molecule has 3 aromatic rings. The van der Waals surface area contributed by atoms with Gasteiger partial charge in [-0.2, -0.15) is 5.26 Å². The van der Waals surface area contributed by atoms with Gasteiger partial charge in [0.2, 0.25) is 0 Å². The van der Waals surface area contributed by atoms with Crippen LogP contribution in [-0.2, 0) is 23.0 Å². The Labute approximate surface area is 235 Å². The summed E-state index contributed by atoms with van der Waals surface area (Å²) in [4.78, 5) is 16.0. The van der Waals surface area contributed by atoms with Crippen molar-refractivity contribution in [2.45, 2.75) is 42.9 Å². The van der Waals surface area contributed by atoms with Gasteiger partial charge in [0.1, 0.15) is 18.0 Å². The summed E-state index contributed by atoms with van der Waals surface area (Å²) < 4.78 is 12.6. The molecule has 1 spiro atoms. The number of nitrogens with one attached hydrogen (secondary N) is 1. The predicted molar refractivity (Wildman–Crippen MR) is 153 cm³/mol. The maximum absolute atomic E-state index is 13.5. The van der Waals surface area contributed by atoms with Crippen LogP contribution < -0.4 is 10.1 Å². The lowest BCUT2D eigenvalue weighted by Crippen LogP contribution is -2.65. The van der Waals surface area contributed by atoms with Crippen molar-refractivity contribution in [1.29, 1.82) is 5.26 Å². The van der Waals surface area contributed by atoms with Crippen molar-refractivity contribution >= 4 is 5.91 Å². The Morgan fingerprint density at radius 3 is 2.58 bits per heavy atom. The Balaban J connectivity index is 1.09. The quantitative estimate of drug-likeness (QED) is 0.469. The number of nitriles is 1. The summed E-state index contributed by atoms with van der Waals surface area (Å²) in [7, 11) is 3.98. The third-order valence-electron chi connectivity index (χ3n) is 9.67. The number of carbonyl (C=O) groups excluding carboxylic acids is 1. The van der Waals surface area contributed by atoms with Gasteiger partial charge < -0.3 is 19.7 Å². The summed E-state index contributed by atoms with van der Waals surface area (Å²) in [6.07, 6.45) is 7.00. The number of methoxy groups -OCH3 is 1. The molecule has 1 saturated heterocycles. The van der Waals surface area contributed by atoms with Gasteiger partial charge in [0.25, 0.3) is 5.91 Å². The molecule has 1 N–H and O–H groups in total. The molecular formula is C34H33N3O3. The van der Waals surface area contributed by atoms with Crippen molar-refractivity contribution in [3.63, 3.8) is 0 Å². The molecule has 0 aromatic heterocycles. The maximum Gasteiger partial charge on any atom is 0.255 e. The Hall–Kier alpha value is -3.92. The van der Waals surface area contributed by atoms with E-state index in [-0.39, 0.29) is 23.5 Å². The van der Waals surface area contributed by atoms with Gasteiger partial charge in [-0.05, 0) is 73.3 Å². The monoisotopic (exact) mass is 531 g/mol. The molecule has 4 aliphatic rings. The summed E-state index contributed by atoms with van der Waals surface area (Å²) in [5, 5.41) is 12.2. The number of amides is 1. The Bertz CT molecular complexity index is 1540. The van der Waals surface area contributed by atoms with Crippen molar-refractivity contribution in [1.82, 2.24) is 10.2 Å². The van der Waals surface area contributed by atoms with Gasteiger partial charge in [0.05, 0.1) is 17.2 Å². The summed E-state index contributed by atoms with van der Waals surface area (Å²) in [5.41, 5.74) is 7.05. The van der Waals surface area contributed by atoms with Gasteiger partial charge in [0, 0.05) is 36.6 Å². The van der Waals surface area contributed by atoms with Gasteiger partial charge in [0.15, 0.2) is 0 Å². The van der Waals surface area contributed by atoms with Crippen molar-refractivity contribution in [3.05, 3.63) is 101 Å². The third-order valence-corrected chi connectivity index (χ3v) is 9.67. The molecule has 5 atom stereocenters. The second kappa shape index (κ2) is 9.62. The largest absolute Gasteiger partial charge is 0.485 e. The van der Waals surface area contributed by atoms with E-state index in [1.54, 1.807) is 7.11 Å². The summed E-state index contributed by atoms with van der Waals surface area (Å²) >= 11 is 0. The summed E-state index contributed by atoms with van der Waals surface area (Å²) in [5.74, 6) is 1.04. The molecule has 6 heteroatoms. The van der Waals surface area contributed by atoms with Crippen LogP contribution in [0.2, 0.25) is 0 Å². The molecule has 3 aromatic carbocycles. The second-order valence-electron chi connectivity index (χ2n) is 11.6. The number of likely N-dealkylation sites (N-methyl/N-ethyl adjacent to an activating group) is 1. The molecule has 5 unspecified atom stereocenters. The van der Waals surface area contributed by atoms with Gasteiger partial charge in [-0.3, -0.25) is 4.79 Å². The van der Waals surface area contributed by atoms with Crippen LogP contribution in [0.1, 0.15) is 39.0 Å². The second-order valence-corrected chi connectivity index (χ2v) is 11.6. The van der Waals surface area contributed by atoms with Crippen LogP contribution in [-0.4, -0.2) is 56.3 Å². The standard InChI is InChI=1S/C34H33N3O3/c1-37-18-16-34-27-13-14-29(39-2)32(34)40-31-26(12-11-25(30(31)34)19-28(27)37)33(38)36-17-15-21-3-7-23(8-4-21)24-9-5-22(20-35)6-10-24/h3-14,27-29,32H,15-19H2,1-2H3,(H,36,38). The number of carbonyl (C=O) groups is 1. The van der Waals surface area contributed by atoms with E-state index < -0.39 is 0 Å². The van der Waals surface area contributed by atoms with Crippen molar-refractivity contribution < 1.29 is 14.3 Å². The fourth-order valence-electron chi connectivity index (χ4n) is 7.63. The van der Waals surface area contributed by atoms with E-state index in [0.717, 1.165) is 48.2 Å². The fraction of sp³-hybridized carbons (Fsp3) is 0.353. The normalized spacial score (nSPS) is 27.4. The molecule has 1 fully saturated rings. The topological polar surface area (TPSA) is 74.6 Å². The van der Waals surface area contributed by atoms with E-state index in [0.29, 0.717) is 29.6 Å². The van der Waals surface area contributed by atoms with Crippen molar-refractivity contribution in [2.75, 3.05) is 27.2 Å². The van der Waals surface area contributed by atoms with E-state index in [1.165, 1.54) is 11.1 Å². The number of ether oxygens (including phenoxy) is 2. The van der Waals surface area contributed by atoms with Crippen molar-refractivity contribution in [2.24, 2.45) is 5.92 Å². The first-order valence-corrected chi connectivity index (χ1v) is 14.2. The minimum absolute atomic E-state index is 0.0874. The average Bonchev–Trinajstić information content (AvgIpc) is 3.34. The average molecular weight is 532 g/mol. The fourth-order valence-corrected chi connectivity index (χ4v) is 7.63. The highest BCUT2D eigenvalue weighted by Gasteiger charge is 2.64. The summed E-state index contributed by atoms with van der Waals surface area (Å²) in [6, 6.07) is 22.7. The molecule has 2 bridgehead atoms.